The molecule has 1 heterocycles. The molecule has 160 valence electrons. The number of nitrogens with zero attached hydrogens (tertiary/aromatic N) is 1. The molecule has 1 N–H and O–H groups in total. The normalized spacial score (nSPS) is 15.8. The standard InChI is InChI=1S/C19H18ClN2O3.C5H5.Fe/c20-15-5-6-16-17(7-8-21-18(16)13-15)22-9-10-24-11-12-25-19(23)14-3-1-2-4-14;1-2-4-5-3-1;/h1-8,13H,9-12H2,(H,21,22);1-5H;/q;;+2. The fraction of sp³-hybridized carbons (Fsp3) is 0.167. The molecular formula is C24H23ClFeN2O3+2. The van der Waals surface area contributed by atoms with E-state index in [4.69, 9.17) is 21.1 Å². The van der Waals surface area contributed by atoms with Crippen molar-refractivity contribution in [2.45, 2.75) is 0 Å². The van der Waals surface area contributed by atoms with E-state index in [0.717, 1.165) is 16.6 Å². The number of fused-ring (bicyclic) bond motifs is 1. The van der Waals surface area contributed by atoms with Gasteiger partial charge in [-0.3, -0.25) is 9.78 Å². The zero-order valence-corrected chi connectivity index (χ0v) is 18.7. The van der Waals surface area contributed by atoms with Gasteiger partial charge < -0.3 is 14.8 Å². The predicted octanol–water partition coefficient (Wildman–Crippen LogP) is 4.28. The summed E-state index contributed by atoms with van der Waals surface area (Å²) in [6.45, 7) is 1.74. The second-order valence-electron chi connectivity index (χ2n) is 6.33. The molecule has 0 bridgehead atoms. The molecule has 2 saturated carbocycles. The summed E-state index contributed by atoms with van der Waals surface area (Å²) < 4.78 is 10.6. The second kappa shape index (κ2) is 14.7. The van der Waals surface area contributed by atoms with Crippen molar-refractivity contribution in [1.29, 1.82) is 0 Å². The smallest absolute Gasteiger partial charge is 0.463 e. The number of halogens is 1. The first kappa shape index (κ1) is 25.9. The van der Waals surface area contributed by atoms with E-state index < -0.39 is 0 Å². The van der Waals surface area contributed by atoms with E-state index in [-0.39, 0.29) is 29.6 Å². The third-order valence-corrected chi connectivity index (χ3v) is 4.42. The number of rotatable bonds is 8. The van der Waals surface area contributed by atoms with E-state index in [2.05, 4.69) is 10.3 Å². The van der Waals surface area contributed by atoms with Gasteiger partial charge in [0.2, 0.25) is 0 Å². The molecule has 5 nitrogen and oxygen atoms in total. The SMILES string of the molecule is O=C(OCCOCCNc1ccnc2cc(Cl)ccc12)[C]1[CH][CH][CH][CH]1.[CH]1[CH][CH][CH][CH]1.[Fe+2]. The van der Waals surface area contributed by atoms with Crippen LogP contribution in [0.3, 0.4) is 0 Å². The molecule has 10 radical (unpaired) electrons. The van der Waals surface area contributed by atoms with Crippen molar-refractivity contribution in [3.8, 4) is 0 Å². The Labute approximate surface area is 201 Å². The summed E-state index contributed by atoms with van der Waals surface area (Å²) in [5.41, 5.74) is 1.82. The van der Waals surface area contributed by atoms with E-state index in [1.807, 2.05) is 56.4 Å². The average Bonchev–Trinajstić information content (AvgIpc) is 3.49. The van der Waals surface area contributed by atoms with E-state index in [9.17, 15) is 4.79 Å². The van der Waals surface area contributed by atoms with Crippen LogP contribution in [-0.4, -0.2) is 37.3 Å². The third-order valence-electron chi connectivity index (χ3n) is 4.18. The molecule has 2 aliphatic carbocycles. The number of anilines is 1. The fourth-order valence-electron chi connectivity index (χ4n) is 2.74. The Balaban J connectivity index is 0.000000501. The molecule has 0 spiro atoms. The average molecular weight is 479 g/mol. The van der Waals surface area contributed by atoms with Gasteiger partial charge in [0.15, 0.2) is 0 Å². The van der Waals surface area contributed by atoms with Crippen molar-refractivity contribution in [3.63, 3.8) is 0 Å². The van der Waals surface area contributed by atoms with E-state index in [1.54, 1.807) is 31.9 Å². The summed E-state index contributed by atoms with van der Waals surface area (Å²) in [5, 5.41) is 4.99. The van der Waals surface area contributed by atoms with Gasteiger partial charge in [0.1, 0.15) is 6.61 Å². The quantitative estimate of drug-likeness (QED) is 0.349. The summed E-state index contributed by atoms with van der Waals surface area (Å²) >= 11 is 5.98. The second-order valence-corrected chi connectivity index (χ2v) is 6.77. The van der Waals surface area contributed by atoms with Gasteiger partial charge in [0.05, 0.1) is 24.6 Å². The topological polar surface area (TPSA) is 60.5 Å². The van der Waals surface area contributed by atoms with E-state index >= 15 is 0 Å². The van der Waals surface area contributed by atoms with Gasteiger partial charge in [0.25, 0.3) is 0 Å². The maximum atomic E-state index is 11.6. The summed E-state index contributed by atoms with van der Waals surface area (Å²) in [7, 11) is 0. The first-order valence-electron chi connectivity index (χ1n) is 9.65. The number of benzene rings is 1. The number of carbonyl (C=O) groups is 1. The fourth-order valence-corrected chi connectivity index (χ4v) is 2.91. The Hall–Kier alpha value is -1.33. The minimum absolute atomic E-state index is 0. The molecule has 2 aliphatic rings. The van der Waals surface area contributed by atoms with Crippen molar-refractivity contribution >= 4 is 34.2 Å². The van der Waals surface area contributed by atoms with Crippen LogP contribution in [0.4, 0.5) is 5.69 Å². The van der Waals surface area contributed by atoms with Crippen molar-refractivity contribution in [2.75, 3.05) is 31.7 Å². The van der Waals surface area contributed by atoms with Crippen LogP contribution in [0.1, 0.15) is 0 Å². The maximum Gasteiger partial charge on any atom is 2.00 e. The van der Waals surface area contributed by atoms with E-state index in [0.29, 0.717) is 30.7 Å². The van der Waals surface area contributed by atoms with Crippen LogP contribution in [0.5, 0.6) is 0 Å². The van der Waals surface area contributed by atoms with E-state index in [1.165, 1.54) is 0 Å². The summed E-state index contributed by atoms with van der Waals surface area (Å²) in [6, 6.07) is 7.53. The molecule has 31 heavy (non-hydrogen) atoms. The molecule has 0 amide bonds. The molecule has 7 heteroatoms. The molecular weight excluding hydrogens is 456 g/mol. The van der Waals surface area contributed by atoms with Crippen LogP contribution in [0, 0.1) is 63.7 Å². The zero-order valence-electron chi connectivity index (χ0n) is 16.8. The predicted molar refractivity (Wildman–Crippen MR) is 119 cm³/mol. The van der Waals surface area contributed by atoms with Crippen LogP contribution >= 0.6 is 11.6 Å². The molecule has 1 aromatic carbocycles. The number of hydrogen-bond acceptors (Lipinski definition) is 5. The number of carbonyl (C=O) groups excluding carboxylic acids is 1. The van der Waals surface area contributed by atoms with Gasteiger partial charge in [-0.05, 0) is 82.1 Å². The van der Waals surface area contributed by atoms with Crippen molar-refractivity contribution in [2.24, 2.45) is 0 Å². The Kier molecular flexibility index (Phi) is 12.3. The monoisotopic (exact) mass is 478 g/mol. The van der Waals surface area contributed by atoms with Crippen LogP contribution in [0.2, 0.25) is 5.02 Å². The van der Waals surface area contributed by atoms with Crippen molar-refractivity contribution in [3.05, 3.63) is 99.2 Å². The van der Waals surface area contributed by atoms with Gasteiger partial charge in [-0.25, -0.2) is 0 Å². The summed E-state index contributed by atoms with van der Waals surface area (Å²) in [4.78, 5) is 15.9. The Morgan fingerprint density at radius 2 is 1.65 bits per heavy atom. The van der Waals surface area contributed by atoms with Crippen LogP contribution in [0.25, 0.3) is 10.9 Å². The number of esters is 1. The zero-order chi connectivity index (χ0) is 21.0. The van der Waals surface area contributed by atoms with Crippen molar-refractivity contribution in [1.82, 2.24) is 4.98 Å². The molecule has 0 unspecified atom stereocenters. The molecule has 1 aromatic heterocycles. The molecule has 4 rings (SSSR count). The molecule has 0 aliphatic heterocycles. The third kappa shape index (κ3) is 8.97. The number of hydrogen-bond donors (Lipinski definition) is 1. The Bertz CT molecular complexity index is 788. The number of aromatic nitrogens is 1. The van der Waals surface area contributed by atoms with Gasteiger partial charge in [-0.15, -0.1) is 0 Å². The van der Waals surface area contributed by atoms with Gasteiger partial charge >= 0.3 is 23.0 Å². The van der Waals surface area contributed by atoms with Crippen molar-refractivity contribution < 1.29 is 31.3 Å². The van der Waals surface area contributed by atoms with Gasteiger partial charge in [-0.2, -0.15) is 0 Å². The molecule has 0 saturated heterocycles. The summed E-state index contributed by atoms with van der Waals surface area (Å²) in [5.74, 6) is 0.236. The number of ether oxygens (including phenoxy) is 2. The Morgan fingerprint density at radius 3 is 2.35 bits per heavy atom. The number of pyridine rings is 1. The molecule has 2 aromatic rings. The Morgan fingerprint density at radius 1 is 0.935 bits per heavy atom. The number of nitrogens with one attached hydrogen (secondary N) is 1. The van der Waals surface area contributed by atoms with Gasteiger partial charge in [0, 0.05) is 28.8 Å². The minimum atomic E-state index is -0.325. The van der Waals surface area contributed by atoms with Crippen LogP contribution in [0.15, 0.2) is 30.5 Å². The first-order valence-corrected chi connectivity index (χ1v) is 10.0. The largest absolute Gasteiger partial charge is 2.00 e. The van der Waals surface area contributed by atoms with Crippen LogP contribution < -0.4 is 5.32 Å². The first-order chi connectivity index (χ1) is 14.7. The minimum Gasteiger partial charge on any atom is -0.463 e. The molecule has 2 fully saturated rings. The maximum absolute atomic E-state index is 11.6. The van der Waals surface area contributed by atoms with Crippen LogP contribution in [-0.2, 0) is 31.3 Å². The summed E-state index contributed by atoms with van der Waals surface area (Å²) in [6.07, 6.45) is 18.8. The van der Waals surface area contributed by atoms with Gasteiger partial charge in [-0.1, -0.05) is 11.6 Å². The molecule has 0 atom stereocenters.